The van der Waals surface area contributed by atoms with Crippen LogP contribution in [0.3, 0.4) is 0 Å². The number of amides is 2. The summed E-state index contributed by atoms with van der Waals surface area (Å²) < 4.78 is 0. The van der Waals surface area contributed by atoms with E-state index >= 15 is 0 Å². The summed E-state index contributed by atoms with van der Waals surface area (Å²) in [5.41, 5.74) is 7.83. The Morgan fingerprint density at radius 2 is 2.60 bits per heavy atom. The Kier molecular flexibility index (Phi) is 2.04. The first kappa shape index (κ1) is 6.80. The van der Waals surface area contributed by atoms with Crippen LogP contribution in [0.1, 0.15) is 12.8 Å². The van der Waals surface area contributed by atoms with Gasteiger partial charge < -0.3 is 5.73 Å². The van der Waals surface area contributed by atoms with Crippen LogP contribution in [0, 0.1) is 0 Å². The number of hydrogen-bond acceptors (Lipinski definition) is 2. The molecule has 0 saturated carbocycles. The van der Waals surface area contributed by atoms with E-state index in [9.17, 15) is 4.79 Å². The predicted octanol–water partition coefficient (Wildman–Crippen LogP) is 0.361. The number of hydrogen-bond donors (Lipinski definition) is 2. The second kappa shape index (κ2) is 3.00. The second-order valence-corrected chi connectivity index (χ2v) is 2.02. The van der Waals surface area contributed by atoms with Crippen molar-refractivity contribution < 1.29 is 4.79 Å². The zero-order chi connectivity index (χ0) is 7.40. The summed E-state index contributed by atoms with van der Waals surface area (Å²) in [5.74, 6) is 0. The second-order valence-electron chi connectivity index (χ2n) is 2.02. The third-order valence-corrected chi connectivity index (χ3v) is 1.19. The van der Waals surface area contributed by atoms with E-state index in [1.165, 1.54) is 0 Å². The molecule has 4 nitrogen and oxygen atoms in total. The van der Waals surface area contributed by atoms with Crippen molar-refractivity contribution in [1.82, 2.24) is 5.43 Å². The summed E-state index contributed by atoms with van der Waals surface area (Å²) in [6.07, 6.45) is 5.76. The Morgan fingerprint density at radius 3 is 3.10 bits per heavy atom. The number of carbonyl (C=O) groups is 1. The van der Waals surface area contributed by atoms with Crippen molar-refractivity contribution in [3.8, 4) is 0 Å². The Morgan fingerprint density at radius 1 is 1.80 bits per heavy atom. The number of rotatable bonds is 1. The lowest BCUT2D eigenvalue weighted by atomic mass is 10.3. The van der Waals surface area contributed by atoms with Crippen LogP contribution in [0.5, 0.6) is 0 Å². The first-order chi connectivity index (χ1) is 4.79. The maximum atomic E-state index is 10.1. The van der Waals surface area contributed by atoms with Gasteiger partial charge in [0, 0.05) is 0 Å². The highest BCUT2D eigenvalue weighted by atomic mass is 16.2. The van der Waals surface area contributed by atoms with E-state index < -0.39 is 6.03 Å². The molecule has 0 heterocycles. The molecule has 0 aliphatic heterocycles. The Labute approximate surface area is 58.8 Å². The zero-order valence-electron chi connectivity index (χ0n) is 5.50. The molecular formula is C6H9N3O. The van der Waals surface area contributed by atoms with Gasteiger partial charge in [0.2, 0.25) is 0 Å². The predicted molar refractivity (Wildman–Crippen MR) is 38.5 cm³/mol. The molecule has 1 aliphatic carbocycles. The van der Waals surface area contributed by atoms with Gasteiger partial charge >= 0.3 is 6.03 Å². The van der Waals surface area contributed by atoms with Gasteiger partial charge in [-0.05, 0) is 18.9 Å². The first-order valence-corrected chi connectivity index (χ1v) is 3.07. The highest BCUT2D eigenvalue weighted by Gasteiger charge is 1.99. The van der Waals surface area contributed by atoms with Crippen molar-refractivity contribution in [2.45, 2.75) is 12.8 Å². The van der Waals surface area contributed by atoms with Gasteiger partial charge in [0.1, 0.15) is 0 Å². The molecule has 10 heavy (non-hydrogen) atoms. The average molecular weight is 139 g/mol. The summed E-state index contributed by atoms with van der Waals surface area (Å²) in [5, 5.41) is 3.73. The fraction of sp³-hybridized carbons (Fsp3) is 0.333. The number of primary amides is 1. The number of allylic oxidation sites excluding steroid dienone is 2. The summed E-state index contributed by atoms with van der Waals surface area (Å²) in [6, 6.07) is -0.618. The topological polar surface area (TPSA) is 67.5 Å². The van der Waals surface area contributed by atoms with E-state index in [2.05, 4.69) is 10.5 Å². The zero-order valence-corrected chi connectivity index (χ0v) is 5.50. The number of nitrogens with zero attached hydrogens (tertiary/aromatic N) is 1. The van der Waals surface area contributed by atoms with Crippen molar-refractivity contribution in [1.29, 1.82) is 0 Å². The highest BCUT2D eigenvalue weighted by molar-refractivity contribution is 5.97. The van der Waals surface area contributed by atoms with Crippen molar-refractivity contribution >= 4 is 11.7 Å². The SMILES string of the molecule is NC(=O)N/N=C1\C=CCC1. The van der Waals surface area contributed by atoms with Crippen LogP contribution in [-0.4, -0.2) is 11.7 Å². The van der Waals surface area contributed by atoms with Gasteiger partial charge in [0.15, 0.2) is 0 Å². The van der Waals surface area contributed by atoms with Crippen LogP contribution in [0.2, 0.25) is 0 Å². The standard InChI is InChI=1S/C6H9N3O/c7-6(10)9-8-5-3-1-2-4-5/h1,3H,2,4H2,(H3,7,9,10)/b8-5+. The van der Waals surface area contributed by atoms with Gasteiger partial charge in [-0.3, -0.25) is 0 Å². The molecule has 0 saturated heterocycles. The Hall–Kier alpha value is -1.32. The number of carbonyl (C=O) groups excluding carboxylic acids is 1. The molecule has 0 aromatic carbocycles. The summed E-state index contributed by atoms with van der Waals surface area (Å²) in [7, 11) is 0. The smallest absolute Gasteiger partial charge is 0.332 e. The molecule has 4 heteroatoms. The van der Waals surface area contributed by atoms with Crippen molar-refractivity contribution in [2.75, 3.05) is 0 Å². The monoisotopic (exact) mass is 139 g/mol. The molecule has 0 fully saturated rings. The molecule has 0 unspecified atom stereocenters. The maximum Gasteiger partial charge on any atom is 0.332 e. The quantitative estimate of drug-likeness (QED) is 0.506. The number of hydrazone groups is 1. The molecule has 2 amide bonds. The summed E-state index contributed by atoms with van der Waals surface area (Å²) in [4.78, 5) is 10.1. The lowest BCUT2D eigenvalue weighted by molar-refractivity contribution is 0.249. The normalized spacial score (nSPS) is 19.8. The average Bonchev–Trinajstić information content (AvgIpc) is 2.34. The molecule has 0 atom stereocenters. The molecule has 0 bridgehead atoms. The first-order valence-electron chi connectivity index (χ1n) is 3.07. The van der Waals surface area contributed by atoms with Crippen molar-refractivity contribution in [3.63, 3.8) is 0 Å². The fourth-order valence-corrected chi connectivity index (χ4v) is 0.754. The Bertz CT molecular complexity index is 195. The molecule has 0 aromatic rings. The van der Waals surface area contributed by atoms with Gasteiger partial charge in [0.05, 0.1) is 5.71 Å². The Balaban J connectivity index is 2.39. The minimum Gasteiger partial charge on any atom is -0.350 e. The van der Waals surface area contributed by atoms with Crippen molar-refractivity contribution in [3.05, 3.63) is 12.2 Å². The van der Waals surface area contributed by atoms with Crippen molar-refractivity contribution in [2.24, 2.45) is 10.8 Å². The number of urea groups is 1. The van der Waals surface area contributed by atoms with E-state index in [1.807, 2.05) is 12.2 Å². The van der Waals surface area contributed by atoms with Crippen LogP contribution in [0.4, 0.5) is 4.79 Å². The molecule has 54 valence electrons. The molecule has 0 aromatic heterocycles. The van der Waals surface area contributed by atoms with Gasteiger partial charge in [0.25, 0.3) is 0 Å². The molecule has 1 rings (SSSR count). The fourth-order valence-electron chi connectivity index (χ4n) is 0.754. The van der Waals surface area contributed by atoms with Crippen LogP contribution in [-0.2, 0) is 0 Å². The molecule has 0 spiro atoms. The van der Waals surface area contributed by atoms with E-state index in [0.717, 1.165) is 18.6 Å². The van der Waals surface area contributed by atoms with E-state index in [1.54, 1.807) is 0 Å². The lowest BCUT2D eigenvalue weighted by Gasteiger charge is -1.92. The minimum atomic E-state index is -0.618. The minimum absolute atomic E-state index is 0.618. The van der Waals surface area contributed by atoms with Crippen LogP contribution >= 0.6 is 0 Å². The molecule has 1 aliphatic rings. The van der Waals surface area contributed by atoms with Gasteiger partial charge in [-0.15, -0.1) is 0 Å². The van der Waals surface area contributed by atoms with E-state index in [-0.39, 0.29) is 0 Å². The van der Waals surface area contributed by atoms with Gasteiger partial charge in [-0.2, -0.15) is 5.10 Å². The third kappa shape index (κ3) is 1.89. The molecule has 0 radical (unpaired) electrons. The van der Waals surface area contributed by atoms with Gasteiger partial charge in [-0.1, -0.05) is 6.08 Å². The maximum absolute atomic E-state index is 10.1. The lowest BCUT2D eigenvalue weighted by Crippen LogP contribution is -2.25. The van der Waals surface area contributed by atoms with E-state index in [4.69, 9.17) is 5.73 Å². The third-order valence-electron chi connectivity index (χ3n) is 1.19. The number of nitrogens with one attached hydrogen (secondary N) is 1. The van der Waals surface area contributed by atoms with Crippen LogP contribution < -0.4 is 11.2 Å². The van der Waals surface area contributed by atoms with E-state index in [0.29, 0.717) is 0 Å². The largest absolute Gasteiger partial charge is 0.350 e. The van der Waals surface area contributed by atoms with Crippen LogP contribution in [0.15, 0.2) is 17.3 Å². The van der Waals surface area contributed by atoms with Gasteiger partial charge in [-0.25, -0.2) is 10.2 Å². The summed E-state index contributed by atoms with van der Waals surface area (Å²) >= 11 is 0. The summed E-state index contributed by atoms with van der Waals surface area (Å²) in [6.45, 7) is 0. The molecular weight excluding hydrogens is 130 g/mol. The number of nitrogens with two attached hydrogens (primary N) is 1. The highest BCUT2D eigenvalue weighted by Crippen LogP contribution is 2.03. The molecule has 3 N–H and O–H groups in total. The van der Waals surface area contributed by atoms with Crippen LogP contribution in [0.25, 0.3) is 0 Å².